The number of nitrogens with one attached hydrogen (secondary N) is 2. The summed E-state index contributed by atoms with van der Waals surface area (Å²) < 4.78 is 10.7. The molecule has 2 aromatic carbocycles. The van der Waals surface area contributed by atoms with E-state index in [1.807, 2.05) is 24.3 Å². The third-order valence-corrected chi connectivity index (χ3v) is 6.48. The number of hydrogen-bond donors (Lipinski definition) is 2. The van der Waals surface area contributed by atoms with E-state index in [0.29, 0.717) is 19.1 Å². The molecule has 3 aromatic rings. The lowest BCUT2D eigenvalue weighted by molar-refractivity contribution is 0.186. The van der Waals surface area contributed by atoms with Crippen molar-refractivity contribution in [1.29, 1.82) is 5.26 Å². The highest BCUT2D eigenvalue weighted by atomic mass is 16.5. The molecule has 1 aromatic heterocycles. The molecule has 192 valence electrons. The van der Waals surface area contributed by atoms with Gasteiger partial charge >= 0.3 is 6.09 Å². The van der Waals surface area contributed by atoms with E-state index in [9.17, 15) is 10.1 Å². The van der Waals surface area contributed by atoms with Crippen molar-refractivity contribution in [3.05, 3.63) is 66.4 Å². The molecule has 1 unspecified atom stereocenters. The maximum absolute atomic E-state index is 11.5. The number of allylic oxidation sites excluding steroid dienone is 2. The van der Waals surface area contributed by atoms with Crippen LogP contribution in [0, 0.1) is 17.2 Å². The SMILES string of the molecule is C=C(/C=C\CCC(C#N)CCC)N1CCOc2ccc(-c3ccc4nc(NC(=O)OC)[nH]c4c3)cc2C1. The standard InChI is InChI=1S/C29H33N5O3/c1-4-7-21(18-30)9-6-5-8-20(2)34-14-15-37-27-13-11-22(16-24(27)19-34)23-10-12-25-26(17-23)32-28(31-25)33-29(35)36-3/h5,8,10-13,16-17,21H,2,4,6-7,9,14-15,19H2,1,3H3,(H2,31,32,33,35)/b8-5-. The number of ether oxygens (including phenoxy) is 2. The molecule has 2 heterocycles. The minimum atomic E-state index is -0.575. The van der Waals surface area contributed by atoms with Gasteiger partial charge in [-0.15, -0.1) is 0 Å². The Morgan fingerprint density at radius 3 is 2.92 bits per heavy atom. The predicted octanol–water partition coefficient (Wildman–Crippen LogP) is 6.39. The topological polar surface area (TPSA) is 103 Å². The molecule has 0 radical (unpaired) electrons. The largest absolute Gasteiger partial charge is 0.491 e. The third kappa shape index (κ3) is 6.50. The number of methoxy groups -OCH3 is 1. The van der Waals surface area contributed by atoms with Gasteiger partial charge in [-0.3, -0.25) is 5.32 Å². The average Bonchev–Trinajstić information content (AvgIpc) is 3.18. The van der Waals surface area contributed by atoms with Crippen molar-refractivity contribution < 1.29 is 14.3 Å². The Balaban J connectivity index is 1.46. The highest BCUT2D eigenvalue weighted by Crippen LogP contribution is 2.31. The zero-order valence-electron chi connectivity index (χ0n) is 21.4. The van der Waals surface area contributed by atoms with Crippen molar-refractivity contribution in [3.8, 4) is 22.9 Å². The highest BCUT2D eigenvalue weighted by molar-refractivity contribution is 5.88. The lowest BCUT2D eigenvalue weighted by atomic mass is 9.99. The van der Waals surface area contributed by atoms with Gasteiger partial charge in [0.15, 0.2) is 0 Å². The molecule has 8 heteroatoms. The van der Waals surface area contributed by atoms with Gasteiger partial charge in [0, 0.05) is 23.7 Å². The number of H-pyrrole nitrogens is 1. The summed E-state index contributed by atoms with van der Waals surface area (Å²) in [6.45, 7) is 8.43. The number of aromatic amines is 1. The number of imidazole rings is 1. The van der Waals surface area contributed by atoms with Crippen LogP contribution in [0.1, 0.15) is 38.2 Å². The number of anilines is 1. The number of hydrogen-bond acceptors (Lipinski definition) is 6. The van der Waals surface area contributed by atoms with E-state index < -0.39 is 6.09 Å². The second-order valence-corrected chi connectivity index (χ2v) is 9.11. The molecule has 37 heavy (non-hydrogen) atoms. The first-order valence-corrected chi connectivity index (χ1v) is 12.6. The molecule has 8 nitrogen and oxygen atoms in total. The number of aromatic nitrogens is 2. The van der Waals surface area contributed by atoms with Crippen LogP contribution in [0.2, 0.25) is 0 Å². The van der Waals surface area contributed by atoms with Crippen LogP contribution in [0.15, 0.2) is 60.8 Å². The number of rotatable bonds is 9. The van der Waals surface area contributed by atoms with Crippen molar-refractivity contribution >= 4 is 23.1 Å². The molecular weight excluding hydrogens is 466 g/mol. The van der Waals surface area contributed by atoms with Crippen molar-refractivity contribution in [1.82, 2.24) is 14.9 Å². The Labute approximate surface area is 217 Å². The Bertz CT molecular complexity index is 1340. The van der Waals surface area contributed by atoms with E-state index in [2.05, 4.69) is 68.8 Å². The van der Waals surface area contributed by atoms with E-state index in [-0.39, 0.29) is 5.92 Å². The third-order valence-electron chi connectivity index (χ3n) is 6.48. The Hall–Kier alpha value is -4.25. The first-order valence-electron chi connectivity index (χ1n) is 12.6. The van der Waals surface area contributed by atoms with Crippen LogP contribution in [-0.2, 0) is 11.3 Å². The van der Waals surface area contributed by atoms with Crippen molar-refractivity contribution in [2.45, 2.75) is 39.2 Å². The number of carbonyl (C=O) groups is 1. The average molecular weight is 500 g/mol. The van der Waals surface area contributed by atoms with Gasteiger partial charge in [0.25, 0.3) is 0 Å². The van der Waals surface area contributed by atoms with E-state index in [4.69, 9.17) is 4.74 Å². The second kappa shape index (κ2) is 12.1. The molecular formula is C29H33N5O3. The molecule has 1 atom stereocenters. The van der Waals surface area contributed by atoms with Gasteiger partial charge < -0.3 is 19.4 Å². The summed E-state index contributed by atoms with van der Waals surface area (Å²) in [5.41, 5.74) is 5.68. The smallest absolute Gasteiger partial charge is 0.413 e. The second-order valence-electron chi connectivity index (χ2n) is 9.11. The van der Waals surface area contributed by atoms with Gasteiger partial charge in [0.1, 0.15) is 12.4 Å². The molecule has 0 saturated carbocycles. The number of nitrogens with zero attached hydrogens (tertiary/aromatic N) is 3. The monoisotopic (exact) mass is 499 g/mol. The summed E-state index contributed by atoms with van der Waals surface area (Å²) in [4.78, 5) is 21.2. The minimum absolute atomic E-state index is 0.122. The van der Waals surface area contributed by atoms with Crippen molar-refractivity contribution in [3.63, 3.8) is 0 Å². The number of benzene rings is 2. The van der Waals surface area contributed by atoms with E-state index >= 15 is 0 Å². The summed E-state index contributed by atoms with van der Waals surface area (Å²) in [5.74, 6) is 1.34. The predicted molar refractivity (Wildman–Crippen MR) is 145 cm³/mol. The maximum atomic E-state index is 11.5. The van der Waals surface area contributed by atoms with E-state index in [1.165, 1.54) is 7.11 Å². The fourth-order valence-electron chi connectivity index (χ4n) is 4.46. The van der Waals surface area contributed by atoms with Crippen LogP contribution in [0.3, 0.4) is 0 Å². The first-order chi connectivity index (χ1) is 18.0. The summed E-state index contributed by atoms with van der Waals surface area (Å²) in [5, 5.41) is 11.8. The fraction of sp³-hybridized carbons (Fsp3) is 0.345. The van der Waals surface area contributed by atoms with Crippen LogP contribution in [0.25, 0.3) is 22.2 Å². The zero-order valence-corrected chi connectivity index (χ0v) is 21.4. The molecule has 2 N–H and O–H groups in total. The molecule has 1 aliphatic heterocycles. The van der Waals surface area contributed by atoms with Crippen LogP contribution in [-0.4, -0.2) is 41.2 Å². The van der Waals surface area contributed by atoms with Gasteiger partial charge in [0.2, 0.25) is 5.95 Å². The minimum Gasteiger partial charge on any atom is -0.491 e. The number of amides is 1. The van der Waals surface area contributed by atoms with Gasteiger partial charge in [-0.1, -0.05) is 38.1 Å². The van der Waals surface area contributed by atoms with Gasteiger partial charge in [-0.25, -0.2) is 9.78 Å². The van der Waals surface area contributed by atoms with Gasteiger partial charge in [0.05, 0.1) is 30.8 Å². The summed E-state index contributed by atoms with van der Waals surface area (Å²) in [6.07, 6.45) is 7.34. The molecule has 1 aliphatic rings. The molecule has 0 bridgehead atoms. The molecule has 0 fully saturated rings. The summed E-state index contributed by atoms with van der Waals surface area (Å²) in [6, 6.07) is 14.6. The number of carbonyl (C=O) groups excluding carboxylic acids is 1. The van der Waals surface area contributed by atoms with Gasteiger partial charge in [-0.05, 0) is 60.7 Å². The van der Waals surface area contributed by atoms with Gasteiger partial charge in [-0.2, -0.15) is 5.26 Å². The lowest BCUT2D eigenvalue weighted by Crippen LogP contribution is -2.23. The van der Waals surface area contributed by atoms with Crippen LogP contribution in [0.5, 0.6) is 5.75 Å². The summed E-state index contributed by atoms with van der Waals surface area (Å²) >= 11 is 0. The normalized spacial score (nSPS) is 13.9. The van der Waals surface area contributed by atoms with Crippen LogP contribution in [0.4, 0.5) is 10.7 Å². The zero-order chi connectivity index (χ0) is 26.2. The molecule has 0 spiro atoms. The quantitative estimate of drug-likeness (QED) is 0.331. The van der Waals surface area contributed by atoms with Crippen LogP contribution >= 0.6 is 0 Å². The maximum Gasteiger partial charge on any atom is 0.413 e. The van der Waals surface area contributed by atoms with Crippen molar-refractivity contribution in [2.24, 2.45) is 5.92 Å². The molecule has 1 amide bonds. The highest BCUT2D eigenvalue weighted by Gasteiger charge is 2.17. The summed E-state index contributed by atoms with van der Waals surface area (Å²) in [7, 11) is 1.31. The molecule has 0 saturated heterocycles. The fourth-order valence-corrected chi connectivity index (χ4v) is 4.46. The first kappa shape index (κ1) is 25.8. The van der Waals surface area contributed by atoms with Crippen LogP contribution < -0.4 is 10.1 Å². The number of fused-ring (bicyclic) bond motifs is 2. The Morgan fingerprint density at radius 1 is 1.32 bits per heavy atom. The number of nitriles is 1. The Morgan fingerprint density at radius 2 is 2.14 bits per heavy atom. The van der Waals surface area contributed by atoms with E-state index in [1.54, 1.807) is 0 Å². The Kier molecular flexibility index (Phi) is 8.47. The lowest BCUT2D eigenvalue weighted by Gasteiger charge is -2.22. The van der Waals surface area contributed by atoms with E-state index in [0.717, 1.165) is 71.4 Å². The molecule has 0 aliphatic carbocycles. The molecule has 4 rings (SSSR count). The van der Waals surface area contributed by atoms with Crippen molar-refractivity contribution in [2.75, 3.05) is 25.6 Å².